The zero-order valence-electron chi connectivity index (χ0n) is 9.71. The summed E-state index contributed by atoms with van der Waals surface area (Å²) in [5, 5.41) is 0.530. The molecule has 0 saturated carbocycles. The van der Waals surface area contributed by atoms with Crippen LogP contribution in [0.1, 0.15) is 19.4 Å². The van der Waals surface area contributed by atoms with Crippen molar-refractivity contribution in [3.63, 3.8) is 0 Å². The number of halogens is 1. The molecule has 88 valence electrons. The van der Waals surface area contributed by atoms with Crippen LogP contribution in [-0.4, -0.2) is 19.4 Å². The summed E-state index contributed by atoms with van der Waals surface area (Å²) in [6, 6.07) is 5.32. The summed E-state index contributed by atoms with van der Waals surface area (Å²) in [5.41, 5.74) is 5.62. The first-order valence-corrected chi connectivity index (χ1v) is 5.38. The number of ketones is 1. The second kappa shape index (κ2) is 4.85. The van der Waals surface area contributed by atoms with Gasteiger partial charge in [-0.05, 0) is 31.5 Å². The van der Waals surface area contributed by atoms with E-state index in [-0.39, 0.29) is 12.3 Å². The van der Waals surface area contributed by atoms with E-state index in [1.165, 1.54) is 0 Å². The lowest BCUT2D eigenvalue weighted by Gasteiger charge is -2.23. The lowest BCUT2D eigenvalue weighted by atomic mass is 9.80. The van der Waals surface area contributed by atoms with Gasteiger partial charge in [0.05, 0.1) is 18.7 Å². The first kappa shape index (κ1) is 13.0. The Kier molecular flexibility index (Phi) is 3.94. The molecule has 0 atom stereocenters. The van der Waals surface area contributed by atoms with Crippen molar-refractivity contribution in [2.75, 3.05) is 13.7 Å². The Labute approximate surface area is 101 Å². The Bertz CT molecular complexity index is 402. The highest BCUT2D eigenvalue weighted by atomic mass is 35.5. The predicted molar refractivity (Wildman–Crippen MR) is 65.1 cm³/mol. The molecule has 0 aliphatic carbocycles. The van der Waals surface area contributed by atoms with Gasteiger partial charge in [0.2, 0.25) is 0 Å². The second-order valence-electron chi connectivity index (χ2n) is 4.10. The molecular formula is C12H16ClNO2. The van der Waals surface area contributed by atoms with Crippen LogP contribution >= 0.6 is 11.6 Å². The van der Waals surface area contributed by atoms with Crippen LogP contribution in [-0.2, 0) is 10.2 Å². The van der Waals surface area contributed by atoms with Gasteiger partial charge in [-0.3, -0.25) is 4.79 Å². The summed E-state index contributed by atoms with van der Waals surface area (Å²) in [4.78, 5) is 11.7. The maximum absolute atomic E-state index is 11.7. The van der Waals surface area contributed by atoms with E-state index in [4.69, 9.17) is 22.1 Å². The van der Waals surface area contributed by atoms with Gasteiger partial charge in [-0.15, -0.1) is 0 Å². The Morgan fingerprint density at radius 2 is 2.12 bits per heavy atom. The zero-order valence-corrected chi connectivity index (χ0v) is 10.5. The summed E-state index contributed by atoms with van der Waals surface area (Å²) in [6.45, 7) is 3.70. The van der Waals surface area contributed by atoms with Gasteiger partial charge in [0.15, 0.2) is 5.78 Å². The van der Waals surface area contributed by atoms with E-state index in [0.717, 1.165) is 5.56 Å². The number of nitrogens with two attached hydrogens (primary N) is 1. The molecular weight excluding hydrogens is 226 g/mol. The molecule has 0 aliphatic rings. The van der Waals surface area contributed by atoms with Gasteiger partial charge in [0, 0.05) is 5.41 Å². The topological polar surface area (TPSA) is 52.3 Å². The second-order valence-corrected chi connectivity index (χ2v) is 4.51. The molecule has 3 nitrogen and oxygen atoms in total. The van der Waals surface area contributed by atoms with E-state index in [1.807, 2.05) is 19.9 Å². The highest BCUT2D eigenvalue weighted by Crippen LogP contribution is 2.31. The summed E-state index contributed by atoms with van der Waals surface area (Å²) < 4.78 is 5.12. The molecule has 2 N–H and O–H groups in total. The van der Waals surface area contributed by atoms with Crippen molar-refractivity contribution in [3.05, 3.63) is 28.8 Å². The van der Waals surface area contributed by atoms with Crippen LogP contribution in [0, 0.1) is 0 Å². The van der Waals surface area contributed by atoms with Crippen LogP contribution in [0.2, 0.25) is 5.02 Å². The number of carbonyl (C=O) groups excluding carboxylic acids is 1. The van der Waals surface area contributed by atoms with Crippen molar-refractivity contribution in [1.82, 2.24) is 0 Å². The first-order valence-electron chi connectivity index (χ1n) is 5.01. The maximum Gasteiger partial charge on any atom is 0.156 e. The molecule has 0 aliphatic heterocycles. The molecule has 0 fully saturated rings. The number of benzene rings is 1. The molecule has 0 aromatic heterocycles. The zero-order chi connectivity index (χ0) is 12.3. The Morgan fingerprint density at radius 3 is 2.62 bits per heavy atom. The SMILES string of the molecule is COc1cc(C(C)(C)C(=O)CN)ccc1Cl. The van der Waals surface area contributed by atoms with Crippen LogP contribution < -0.4 is 10.5 Å². The number of rotatable bonds is 4. The van der Waals surface area contributed by atoms with Crippen LogP contribution in [0.15, 0.2) is 18.2 Å². The van der Waals surface area contributed by atoms with Crippen LogP contribution in [0.4, 0.5) is 0 Å². The molecule has 16 heavy (non-hydrogen) atoms. The van der Waals surface area contributed by atoms with Crippen molar-refractivity contribution in [2.45, 2.75) is 19.3 Å². The summed E-state index contributed by atoms with van der Waals surface area (Å²) >= 11 is 5.93. The summed E-state index contributed by atoms with van der Waals surface area (Å²) in [6.07, 6.45) is 0. The molecule has 0 heterocycles. The lowest BCUT2D eigenvalue weighted by Crippen LogP contribution is -2.34. The molecule has 1 aromatic rings. The Hall–Kier alpha value is -1.06. The summed E-state index contributed by atoms with van der Waals surface area (Å²) in [5.74, 6) is 0.550. The van der Waals surface area contributed by atoms with E-state index in [0.29, 0.717) is 10.8 Å². The van der Waals surface area contributed by atoms with Gasteiger partial charge < -0.3 is 10.5 Å². The van der Waals surface area contributed by atoms with Crippen molar-refractivity contribution in [3.8, 4) is 5.75 Å². The third kappa shape index (κ3) is 2.36. The van der Waals surface area contributed by atoms with Gasteiger partial charge in [-0.1, -0.05) is 17.7 Å². The van der Waals surface area contributed by atoms with Gasteiger partial charge in [0.1, 0.15) is 5.75 Å². The third-order valence-electron chi connectivity index (χ3n) is 2.76. The van der Waals surface area contributed by atoms with Crippen molar-refractivity contribution >= 4 is 17.4 Å². The molecule has 0 unspecified atom stereocenters. The average molecular weight is 242 g/mol. The minimum absolute atomic E-state index is 0.0168. The van der Waals surface area contributed by atoms with Crippen LogP contribution in [0.5, 0.6) is 5.75 Å². The fourth-order valence-electron chi connectivity index (χ4n) is 1.46. The van der Waals surface area contributed by atoms with Gasteiger partial charge in [-0.25, -0.2) is 0 Å². The minimum atomic E-state index is -0.618. The lowest BCUT2D eigenvalue weighted by molar-refractivity contribution is -0.122. The van der Waals surface area contributed by atoms with Crippen molar-refractivity contribution < 1.29 is 9.53 Å². The maximum atomic E-state index is 11.7. The van der Waals surface area contributed by atoms with Crippen LogP contribution in [0.3, 0.4) is 0 Å². The Balaban J connectivity index is 3.18. The van der Waals surface area contributed by atoms with E-state index in [1.54, 1.807) is 19.2 Å². The molecule has 0 spiro atoms. The number of hydrogen-bond donors (Lipinski definition) is 1. The number of ether oxygens (including phenoxy) is 1. The number of hydrogen-bond acceptors (Lipinski definition) is 3. The highest BCUT2D eigenvalue weighted by molar-refractivity contribution is 6.32. The molecule has 0 bridgehead atoms. The molecule has 0 saturated heterocycles. The molecule has 4 heteroatoms. The minimum Gasteiger partial charge on any atom is -0.495 e. The van der Waals surface area contributed by atoms with Crippen molar-refractivity contribution in [1.29, 1.82) is 0 Å². The molecule has 1 aromatic carbocycles. The fraction of sp³-hybridized carbons (Fsp3) is 0.417. The number of Topliss-reactive ketones (excluding diaryl/α,β-unsaturated/α-hetero) is 1. The largest absolute Gasteiger partial charge is 0.495 e. The quantitative estimate of drug-likeness (QED) is 0.879. The Morgan fingerprint density at radius 1 is 1.50 bits per heavy atom. The van der Waals surface area contributed by atoms with E-state index in [9.17, 15) is 4.79 Å². The smallest absolute Gasteiger partial charge is 0.156 e. The monoisotopic (exact) mass is 241 g/mol. The number of methoxy groups -OCH3 is 1. The first-order chi connectivity index (χ1) is 7.43. The van der Waals surface area contributed by atoms with E-state index in [2.05, 4.69) is 0 Å². The van der Waals surface area contributed by atoms with Gasteiger partial charge >= 0.3 is 0 Å². The van der Waals surface area contributed by atoms with Crippen molar-refractivity contribution in [2.24, 2.45) is 5.73 Å². The predicted octanol–water partition coefficient (Wildman–Crippen LogP) is 2.15. The normalized spacial score (nSPS) is 11.3. The fourth-order valence-corrected chi connectivity index (χ4v) is 1.66. The molecule has 0 amide bonds. The molecule has 1 rings (SSSR count). The van der Waals surface area contributed by atoms with Crippen LogP contribution in [0.25, 0.3) is 0 Å². The van der Waals surface area contributed by atoms with Gasteiger partial charge in [0.25, 0.3) is 0 Å². The van der Waals surface area contributed by atoms with E-state index >= 15 is 0 Å². The highest BCUT2D eigenvalue weighted by Gasteiger charge is 2.28. The molecule has 0 radical (unpaired) electrons. The van der Waals surface area contributed by atoms with E-state index < -0.39 is 5.41 Å². The number of carbonyl (C=O) groups is 1. The summed E-state index contributed by atoms with van der Waals surface area (Å²) in [7, 11) is 1.54. The van der Waals surface area contributed by atoms with Gasteiger partial charge in [-0.2, -0.15) is 0 Å². The standard InChI is InChI=1S/C12H16ClNO2/c1-12(2,11(15)7-14)8-4-5-9(13)10(6-8)16-3/h4-6H,7,14H2,1-3H3. The average Bonchev–Trinajstić information content (AvgIpc) is 2.28. The third-order valence-corrected chi connectivity index (χ3v) is 3.07.